The van der Waals surface area contributed by atoms with Crippen molar-refractivity contribution in [3.8, 4) is 11.5 Å². The summed E-state index contributed by atoms with van der Waals surface area (Å²) in [5.41, 5.74) is 1.90. The monoisotopic (exact) mass is 364 g/mol. The SMILES string of the molecule is CCNCc1ccccc1NC(=O)CCOc1ccccc1OC.Cl. The number of nitrogens with one attached hydrogen (secondary N) is 2. The minimum Gasteiger partial charge on any atom is -0.493 e. The predicted octanol–water partition coefficient (Wildman–Crippen LogP) is 3.63. The molecule has 0 aliphatic heterocycles. The Balaban J connectivity index is 0.00000312. The Bertz CT molecular complexity index is 665. The molecule has 2 aromatic carbocycles. The second kappa shape index (κ2) is 11.3. The Kier molecular flexibility index (Phi) is 9.43. The van der Waals surface area contributed by atoms with Gasteiger partial charge >= 0.3 is 0 Å². The molecule has 136 valence electrons. The Morgan fingerprint density at radius 2 is 1.72 bits per heavy atom. The van der Waals surface area contributed by atoms with Crippen LogP contribution in [0.1, 0.15) is 18.9 Å². The number of hydrogen-bond donors (Lipinski definition) is 2. The first-order valence-electron chi connectivity index (χ1n) is 8.09. The fourth-order valence-electron chi connectivity index (χ4n) is 2.26. The van der Waals surface area contributed by atoms with Crippen LogP contribution in [0, 0.1) is 0 Å². The van der Waals surface area contributed by atoms with Gasteiger partial charge in [0.1, 0.15) is 0 Å². The topological polar surface area (TPSA) is 59.6 Å². The highest BCUT2D eigenvalue weighted by Gasteiger charge is 2.08. The Labute approximate surface area is 155 Å². The molecule has 0 aliphatic carbocycles. The van der Waals surface area contributed by atoms with Crippen LogP contribution < -0.4 is 20.1 Å². The van der Waals surface area contributed by atoms with Crippen molar-refractivity contribution in [3.63, 3.8) is 0 Å². The van der Waals surface area contributed by atoms with Gasteiger partial charge in [0.15, 0.2) is 11.5 Å². The van der Waals surface area contributed by atoms with Crippen molar-refractivity contribution < 1.29 is 14.3 Å². The van der Waals surface area contributed by atoms with E-state index in [4.69, 9.17) is 9.47 Å². The van der Waals surface area contributed by atoms with Crippen LogP contribution >= 0.6 is 12.4 Å². The number of para-hydroxylation sites is 3. The maximum Gasteiger partial charge on any atom is 0.227 e. The normalized spacial score (nSPS) is 9.84. The minimum absolute atomic E-state index is 0. The van der Waals surface area contributed by atoms with Crippen LogP contribution in [0.4, 0.5) is 5.69 Å². The van der Waals surface area contributed by atoms with Crippen LogP contribution in [0.15, 0.2) is 48.5 Å². The van der Waals surface area contributed by atoms with Crippen LogP contribution in [0.5, 0.6) is 11.5 Å². The van der Waals surface area contributed by atoms with Gasteiger partial charge in [-0.25, -0.2) is 0 Å². The number of halogens is 1. The fraction of sp³-hybridized carbons (Fsp3) is 0.316. The fourth-order valence-corrected chi connectivity index (χ4v) is 2.26. The molecule has 6 heteroatoms. The molecule has 2 rings (SSSR count). The molecule has 0 saturated heterocycles. The molecule has 25 heavy (non-hydrogen) atoms. The first kappa shape index (κ1) is 20.8. The number of ether oxygens (including phenoxy) is 2. The van der Waals surface area contributed by atoms with Crippen LogP contribution in [0.2, 0.25) is 0 Å². The van der Waals surface area contributed by atoms with Crippen LogP contribution in [-0.4, -0.2) is 26.2 Å². The molecule has 0 bridgehead atoms. The van der Waals surface area contributed by atoms with E-state index < -0.39 is 0 Å². The number of rotatable bonds is 9. The third kappa shape index (κ3) is 6.64. The summed E-state index contributed by atoms with van der Waals surface area (Å²) in [6.45, 7) is 3.96. The standard InChI is InChI=1S/C19H24N2O3.ClH/c1-3-20-14-15-8-4-5-9-16(15)21-19(22)12-13-24-18-11-7-6-10-17(18)23-2;/h4-11,20H,3,12-14H2,1-2H3,(H,21,22);1H. The molecule has 0 radical (unpaired) electrons. The van der Waals surface area contributed by atoms with E-state index in [-0.39, 0.29) is 24.7 Å². The van der Waals surface area contributed by atoms with Gasteiger partial charge in [-0.05, 0) is 30.3 Å². The molecule has 0 fully saturated rings. The summed E-state index contributed by atoms with van der Waals surface area (Å²) in [4.78, 5) is 12.1. The minimum atomic E-state index is -0.0751. The largest absolute Gasteiger partial charge is 0.493 e. The number of anilines is 1. The van der Waals surface area contributed by atoms with Gasteiger partial charge in [-0.1, -0.05) is 37.3 Å². The van der Waals surface area contributed by atoms with Gasteiger partial charge in [0, 0.05) is 12.2 Å². The van der Waals surface area contributed by atoms with Gasteiger partial charge in [-0.15, -0.1) is 12.4 Å². The Hall–Kier alpha value is -2.24. The number of hydrogen-bond acceptors (Lipinski definition) is 4. The number of amides is 1. The third-order valence-corrected chi connectivity index (χ3v) is 3.51. The number of methoxy groups -OCH3 is 1. The van der Waals surface area contributed by atoms with Gasteiger partial charge in [-0.3, -0.25) is 4.79 Å². The van der Waals surface area contributed by atoms with Crippen molar-refractivity contribution in [2.24, 2.45) is 0 Å². The number of benzene rings is 2. The lowest BCUT2D eigenvalue weighted by Gasteiger charge is -2.12. The van der Waals surface area contributed by atoms with E-state index in [9.17, 15) is 4.79 Å². The maximum atomic E-state index is 12.1. The second-order valence-electron chi connectivity index (χ2n) is 5.23. The molecule has 0 unspecified atom stereocenters. The maximum absolute atomic E-state index is 12.1. The highest BCUT2D eigenvalue weighted by molar-refractivity contribution is 5.91. The zero-order valence-electron chi connectivity index (χ0n) is 14.6. The van der Waals surface area contributed by atoms with Gasteiger partial charge in [0.05, 0.1) is 20.1 Å². The van der Waals surface area contributed by atoms with Crippen molar-refractivity contribution in [2.45, 2.75) is 19.9 Å². The molecule has 5 nitrogen and oxygen atoms in total. The molecule has 0 spiro atoms. The lowest BCUT2D eigenvalue weighted by atomic mass is 10.1. The second-order valence-corrected chi connectivity index (χ2v) is 5.23. The average Bonchev–Trinajstić information content (AvgIpc) is 2.61. The quantitative estimate of drug-likeness (QED) is 0.713. The van der Waals surface area contributed by atoms with E-state index in [1.807, 2.05) is 48.5 Å². The summed E-state index contributed by atoms with van der Waals surface area (Å²) < 4.78 is 10.9. The summed E-state index contributed by atoms with van der Waals surface area (Å²) in [7, 11) is 1.59. The van der Waals surface area contributed by atoms with Crippen molar-refractivity contribution >= 4 is 24.0 Å². The molecular weight excluding hydrogens is 340 g/mol. The summed E-state index contributed by atoms with van der Waals surface area (Å²) in [6, 6.07) is 15.2. The van der Waals surface area contributed by atoms with Gasteiger partial charge in [0.2, 0.25) is 5.91 Å². The zero-order chi connectivity index (χ0) is 17.2. The molecule has 0 aromatic heterocycles. The molecule has 0 heterocycles. The molecular formula is C19H25ClN2O3. The zero-order valence-corrected chi connectivity index (χ0v) is 15.4. The third-order valence-electron chi connectivity index (χ3n) is 3.51. The van der Waals surface area contributed by atoms with E-state index in [2.05, 4.69) is 17.6 Å². The Morgan fingerprint density at radius 3 is 2.44 bits per heavy atom. The van der Waals surface area contributed by atoms with Crippen molar-refractivity contribution in [1.82, 2.24) is 5.32 Å². The van der Waals surface area contributed by atoms with Crippen molar-refractivity contribution in [2.75, 3.05) is 25.6 Å². The molecule has 0 aliphatic rings. The molecule has 0 atom stereocenters. The van der Waals surface area contributed by atoms with Gasteiger partial charge in [-0.2, -0.15) is 0 Å². The number of carbonyl (C=O) groups excluding carboxylic acids is 1. The van der Waals surface area contributed by atoms with E-state index in [1.54, 1.807) is 7.11 Å². The first-order valence-corrected chi connectivity index (χ1v) is 8.09. The molecule has 0 saturated carbocycles. The highest BCUT2D eigenvalue weighted by Crippen LogP contribution is 2.25. The summed E-state index contributed by atoms with van der Waals surface area (Å²) in [6.07, 6.45) is 0.271. The summed E-state index contributed by atoms with van der Waals surface area (Å²) in [5, 5.41) is 6.21. The molecule has 2 aromatic rings. The van der Waals surface area contributed by atoms with E-state index in [0.717, 1.165) is 24.3 Å². The summed E-state index contributed by atoms with van der Waals surface area (Å²) >= 11 is 0. The van der Waals surface area contributed by atoms with Crippen LogP contribution in [0.25, 0.3) is 0 Å². The lowest BCUT2D eigenvalue weighted by molar-refractivity contribution is -0.116. The van der Waals surface area contributed by atoms with Crippen LogP contribution in [0.3, 0.4) is 0 Å². The van der Waals surface area contributed by atoms with Crippen LogP contribution in [-0.2, 0) is 11.3 Å². The smallest absolute Gasteiger partial charge is 0.227 e. The summed E-state index contributed by atoms with van der Waals surface area (Å²) in [5.74, 6) is 1.23. The molecule has 1 amide bonds. The lowest BCUT2D eigenvalue weighted by Crippen LogP contribution is -2.18. The van der Waals surface area contributed by atoms with Crippen molar-refractivity contribution in [1.29, 1.82) is 0 Å². The first-order chi connectivity index (χ1) is 11.7. The van der Waals surface area contributed by atoms with E-state index in [0.29, 0.717) is 18.1 Å². The van der Waals surface area contributed by atoms with Crippen molar-refractivity contribution in [3.05, 3.63) is 54.1 Å². The van der Waals surface area contributed by atoms with Gasteiger partial charge in [0.25, 0.3) is 0 Å². The van der Waals surface area contributed by atoms with E-state index >= 15 is 0 Å². The van der Waals surface area contributed by atoms with E-state index in [1.165, 1.54) is 0 Å². The highest BCUT2D eigenvalue weighted by atomic mass is 35.5. The average molecular weight is 365 g/mol. The van der Waals surface area contributed by atoms with Gasteiger partial charge < -0.3 is 20.1 Å². The predicted molar refractivity (Wildman–Crippen MR) is 103 cm³/mol. The molecule has 2 N–H and O–H groups in total. The number of carbonyl (C=O) groups is 1. The Morgan fingerprint density at radius 1 is 1.04 bits per heavy atom.